The quantitative estimate of drug-likeness (QED) is 0.919. The van der Waals surface area contributed by atoms with E-state index in [2.05, 4.69) is 5.32 Å². The van der Waals surface area contributed by atoms with Crippen LogP contribution in [0.1, 0.15) is 12.0 Å². The van der Waals surface area contributed by atoms with Crippen LogP contribution in [-0.2, 0) is 14.6 Å². The van der Waals surface area contributed by atoms with Gasteiger partial charge in [-0.3, -0.25) is 4.79 Å². The molecule has 2 rings (SSSR count). The lowest BCUT2D eigenvalue weighted by atomic mass is 10.2. The first-order valence-electron chi connectivity index (χ1n) is 6.24. The van der Waals surface area contributed by atoms with Gasteiger partial charge in [0.2, 0.25) is 5.91 Å². The van der Waals surface area contributed by atoms with Crippen molar-refractivity contribution in [3.05, 3.63) is 28.8 Å². The predicted octanol–water partition coefficient (Wildman–Crippen LogP) is 2.51. The lowest BCUT2D eigenvalue weighted by molar-refractivity contribution is -0.113. The van der Waals surface area contributed by atoms with E-state index in [0.717, 1.165) is 5.56 Å². The third kappa shape index (κ3) is 4.40. The van der Waals surface area contributed by atoms with Crippen molar-refractivity contribution < 1.29 is 13.2 Å². The molecule has 0 radical (unpaired) electrons. The number of benzene rings is 1. The number of hydrogen-bond donors (Lipinski definition) is 1. The molecule has 0 bridgehead atoms. The molecule has 7 heteroatoms. The maximum absolute atomic E-state index is 11.8. The van der Waals surface area contributed by atoms with Crippen LogP contribution in [0.4, 0.5) is 5.69 Å². The molecule has 0 aromatic heterocycles. The molecule has 1 amide bonds. The van der Waals surface area contributed by atoms with Crippen LogP contribution in [0.2, 0.25) is 5.02 Å². The summed E-state index contributed by atoms with van der Waals surface area (Å²) in [6.07, 6.45) is 0.636. The van der Waals surface area contributed by atoms with Gasteiger partial charge in [-0.05, 0) is 31.0 Å². The molecule has 0 spiro atoms. The summed E-state index contributed by atoms with van der Waals surface area (Å²) < 4.78 is 22.6. The Morgan fingerprint density at radius 1 is 1.50 bits per heavy atom. The molecule has 1 aromatic rings. The zero-order chi connectivity index (χ0) is 14.8. The lowest BCUT2D eigenvalue weighted by Gasteiger charge is -2.09. The number of hydrogen-bond acceptors (Lipinski definition) is 4. The Morgan fingerprint density at radius 3 is 2.85 bits per heavy atom. The van der Waals surface area contributed by atoms with E-state index in [1.54, 1.807) is 12.1 Å². The van der Waals surface area contributed by atoms with Crippen LogP contribution in [0.25, 0.3) is 0 Å². The molecule has 1 heterocycles. The summed E-state index contributed by atoms with van der Waals surface area (Å²) in [4.78, 5) is 11.8. The minimum Gasteiger partial charge on any atom is -0.325 e. The highest BCUT2D eigenvalue weighted by Gasteiger charge is 2.28. The van der Waals surface area contributed by atoms with E-state index in [1.807, 2.05) is 13.0 Å². The normalized spacial score (nSPS) is 20.8. The Labute approximate surface area is 128 Å². The fourth-order valence-corrected chi connectivity index (χ4v) is 5.58. The average Bonchev–Trinajstić information content (AvgIpc) is 2.71. The fraction of sp³-hybridized carbons (Fsp3) is 0.462. The van der Waals surface area contributed by atoms with Gasteiger partial charge in [-0.15, -0.1) is 11.8 Å². The zero-order valence-electron chi connectivity index (χ0n) is 11.1. The van der Waals surface area contributed by atoms with E-state index in [4.69, 9.17) is 11.6 Å². The van der Waals surface area contributed by atoms with E-state index in [0.29, 0.717) is 17.1 Å². The number of nitrogens with one attached hydrogen (secondary N) is 1. The first-order chi connectivity index (χ1) is 9.35. The number of aryl methyl sites for hydroxylation is 1. The standard InChI is InChI=1S/C13H16ClNO3S2/c1-9-2-3-10(6-12(9)14)15-13(16)7-19-11-4-5-20(17,18)8-11/h2-3,6,11H,4-5,7-8H2,1H3,(H,15,16). The van der Waals surface area contributed by atoms with Crippen molar-refractivity contribution in [1.82, 2.24) is 0 Å². The van der Waals surface area contributed by atoms with Gasteiger partial charge in [0, 0.05) is 16.0 Å². The molecule has 1 aromatic carbocycles. The number of carbonyl (C=O) groups is 1. The summed E-state index contributed by atoms with van der Waals surface area (Å²) in [7, 11) is -2.88. The second-order valence-corrected chi connectivity index (χ2v) is 8.77. The molecular formula is C13H16ClNO3S2. The van der Waals surface area contributed by atoms with Gasteiger partial charge in [-0.25, -0.2) is 8.42 Å². The van der Waals surface area contributed by atoms with Gasteiger partial charge in [0.25, 0.3) is 0 Å². The highest BCUT2D eigenvalue weighted by atomic mass is 35.5. The molecule has 1 N–H and O–H groups in total. The monoisotopic (exact) mass is 333 g/mol. The van der Waals surface area contributed by atoms with E-state index in [1.165, 1.54) is 11.8 Å². The largest absolute Gasteiger partial charge is 0.325 e. The number of thioether (sulfide) groups is 1. The van der Waals surface area contributed by atoms with Crippen molar-refractivity contribution in [3.63, 3.8) is 0 Å². The molecule has 20 heavy (non-hydrogen) atoms. The van der Waals surface area contributed by atoms with Crippen molar-refractivity contribution in [3.8, 4) is 0 Å². The third-order valence-electron chi connectivity index (χ3n) is 3.10. The number of halogens is 1. The smallest absolute Gasteiger partial charge is 0.234 e. The Morgan fingerprint density at radius 2 is 2.25 bits per heavy atom. The van der Waals surface area contributed by atoms with Crippen LogP contribution in [0, 0.1) is 6.92 Å². The maximum atomic E-state index is 11.8. The number of carbonyl (C=O) groups excluding carboxylic acids is 1. The van der Waals surface area contributed by atoms with Crippen LogP contribution in [-0.4, -0.2) is 36.8 Å². The summed E-state index contributed by atoms with van der Waals surface area (Å²) in [6, 6.07) is 5.35. The number of amides is 1. The summed E-state index contributed by atoms with van der Waals surface area (Å²) in [5.41, 5.74) is 1.61. The lowest BCUT2D eigenvalue weighted by Crippen LogP contribution is -2.17. The summed E-state index contributed by atoms with van der Waals surface area (Å²) in [5.74, 6) is 0.534. The molecule has 1 aliphatic rings. The van der Waals surface area contributed by atoms with Crippen LogP contribution in [0.15, 0.2) is 18.2 Å². The van der Waals surface area contributed by atoms with Gasteiger partial charge < -0.3 is 5.32 Å². The fourth-order valence-electron chi connectivity index (χ4n) is 1.95. The topological polar surface area (TPSA) is 63.2 Å². The first kappa shape index (κ1) is 15.7. The number of anilines is 1. The first-order valence-corrected chi connectivity index (χ1v) is 9.48. The Hall–Kier alpha value is -0.720. The molecule has 1 atom stereocenters. The maximum Gasteiger partial charge on any atom is 0.234 e. The van der Waals surface area contributed by atoms with Crippen LogP contribution < -0.4 is 5.32 Å². The van der Waals surface area contributed by atoms with Crippen molar-refractivity contribution in [2.75, 3.05) is 22.6 Å². The third-order valence-corrected chi connectivity index (χ3v) is 6.79. The van der Waals surface area contributed by atoms with Gasteiger partial charge >= 0.3 is 0 Å². The van der Waals surface area contributed by atoms with Crippen molar-refractivity contribution >= 4 is 44.8 Å². The van der Waals surface area contributed by atoms with Crippen molar-refractivity contribution in [1.29, 1.82) is 0 Å². The Balaban J connectivity index is 1.82. The van der Waals surface area contributed by atoms with E-state index in [-0.39, 0.29) is 28.4 Å². The SMILES string of the molecule is Cc1ccc(NC(=O)CSC2CCS(=O)(=O)C2)cc1Cl. The highest BCUT2D eigenvalue weighted by molar-refractivity contribution is 8.02. The molecule has 1 fully saturated rings. The zero-order valence-corrected chi connectivity index (χ0v) is 13.4. The minimum absolute atomic E-state index is 0.0346. The van der Waals surface area contributed by atoms with E-state index < -0.39 is 9.84 Å². The van der Waals surface area contributed by atoms with Crippen molar-refractivity contribution in [2.45, 2.75) is 18.6 Å². The summed E-state index contributed by atoms with van der Waals surface area (Å²) >= 11 is 7.38. The van der Waals surface area contributed by atoms with Gasteiger partial charge in [0.15, 0.2) is 9.84 Å². The molecule has 1 unspecified atom stereocenters. The van der Waals surface area contributed by atoms with Gasteiger partial charge in [0.1, 0.15) is 0 Å². The van der Waals surface area contributed by atoms with Gasteiger partial charge in [0.05, 0.1) is 17.3 Å². The molecule has 1 aliphatic heterocycles. The second kappa shape index (κ2) is 6.37. The van der Waals surface area contributed by atoms with Crippen molar-refractivity contribution in [2.24, 2.45) is 0 Å². The van der Waals surface area contributed by atoms with E-state index in [9.17, 15) is 13.2 Å². The van der Waals surface area contributed by atoms with Crippen LogP contribution in [0.3, 0.4) is 0 Å². The Bertz CT molecular complexity index is 616. The molecule has 110 valence electrons. The Kier molecular flexibility index (Phi) is 4.99. The molecular weight excluding hydrogens is 318 g/mol. The molecule has 1 saturated heterocycles. The minimum atomic E-state index is -2.88. The number of sulfone groups is 1. The molecule has 0 saturated carbocycles. The predicted molar refractivity (Wildman–Crippen MR) is 84.3 cm³/mol. The second-order valence-electron chi connectivity index (χ2n) is 4.85. The van der Waals surface area contributed by atoms with Crippen LogP contribution in [0.5, 0.6) is 0 Å². The summed E-state index contributed by atoms with van der Waals surface area (Å²) in [6.45, 7) is 1.89. The van der Waals surface area contributed by atoms with Gasteiger partial charge in [-0.2, -0.15) is 0 Å². The highest BCUT2D eigenvalue weighted by Crippen LogP contribution is 2.25. The van der Waals surface area contributed by atoms with Gasteiger partial charge in [-0.1, -0.05) is 17.7 Å². The molecule has 4 nitrogen and oxygen atoms in total. The number of rotatable bonds is 4. The summed E-state index contributed by atoms with van der Waals surface area (Å²) in [5, 5.41) is 3.40. The average molecular weight is 334 g/mol. The van der Waals surface area contributed by atoms with Crippen LogP contribution >= 0.6 is 23.4 Å². The molecule has 0 aliphatic carbocycles. The van der Waals surface area contributed by atoms with E-state index >= 15 is 0 Å².